The monoisotopic (exact) mass is 340 g/mol. The molecule has 0 atom stereocenters. The van der Waals surface area contributed by atoms with E-state index in [-0.39, 0.29) is 11.8 Å². The first-order valence-electron chi connectivity index (χ1n) is 9.31. The van der Waals surface area contributed by atoms with Gasteiger partial charge in [-0.2, -0.15) is 0 Å². The number of piperidine rings is 2. The van der Waals surface area contributed by atoms with Gasteiger partial charge in [0, 0.05) is 32.4 Å². The number of pyridine rings is 1. The number of amides is 2. The highest BCUT2D eigenvalue weighted by atomic mass is 16.2. The predicted octanol–water partition coefficient (Wildman–Crippen LogP) is 2.59. The molecule has 6 heteroatoms. The number of likely N-dealkylation sites (tertiary alicyclic amines) is 2. The quantitative estimate of drug-likeness (QED) is 0.844. The van der Waals surface area contributed by atoms with E-state index in [2.05, 4.69) is 4.98 Å². The van der Waals surface area contributed by atoms with Gasteiger partial charge in [-0.15, -0.1) is 0 Å². The molecule has 132 valence electrons. The van der Waals surface area contributed by atoms with Crippen LogP contribution >= 0.6 is 0 Å². The SMILES string of the molecule is O=C(c1nc(C(=O)N2CCCCC2)n2ccccc12)N1CCCCC1. The van der Waals surface area contributed by atoms with Gasteiger partial charge in [-0.25, -0.2) is 4.98 Å². The topological polar surface area (TPSA) is 57.9 Å². The van der Waals surface area contributed by atoms with Crippen LogP contribution in [-0.4, -0.2) is 57.2 Å². The Kier molecular flexibility index (Phi) is 4.42. The number of carbonyl (C=O) groups is 2. The van der Waals surface area contributed by atoms with Crippen molar-refractivity contribution in [3.05, 3.63) is 35.9 Å². The third-order valence-corrected chi connectivity index (χ3v) is 5.23. The maximum Gasteiger partial charge on any atom is 0.290 e. The molecule has 2 aliphatic rings. The van der Waals surface area contributed by atoms with Crippen molar-refractivity contribution in [1.29, 1.82) is 0 Å². The van der Waals surface area contributed by atoms with Gasteiger partial charge in [-0.1, -0.05) is 6.07 Å². The van der Waals surface area contributed by atoms with Gasteiger partial charge >= 0.3 is 0 Å². The minimum Gasteiger partial charge on any atom is -0.337 e. The van der Waals surface area contributed by atoms with Crippen LogP contribution in [0.1, 0.15) is 59.6 Å². The molecule has 2 fully saturated rings. The van der Waals surface area contributed by atoms with Crippen molar-refractivity contribution >= 4 is 17.3 Å². The summed E-state index contributed by atoms with van der Waals surface area (Å²) >= 11 is 0. The van der Waals surface area contributed by atoms with E-state index in [0.29, 0.717) is 11.5 Å². The number of fused-ring (bicyclic) bond motifs is 1. The van der Waals surface area contributed by atoms with E-state index in [1.165, 1.54) is 12.8 Å². The lowest BCUT2D eigenvalue weighted by atomic mass is 10.1. The van der Waals surface area contributed by atoms with E-state index in [9.17, 15) is 9.59 Å². The molecule has 0 unspecified atom stereocenters. The maximum atomic E-state index is 13.0. The maximum absolute atomic E-state index is 13.0. The van der Waals surface area contributed by atoms with Gasteiger partial charge < -0.3 is 9.80 Å². The standard InChI is InChI=1S/C19H24N4O2/c24-18(21-10-4-1-5-11-21)16-15-9-3-8-14-23(15)17(20-16)19(25)22-12-6-2-7-13-22/h3,8-9,14H,1-2,4-7,10-13H2. The zero-order chi connectivity index (χ0) is 17.2. The highest BCUT2D eigenvalue weighted by molar-refractivity contribution is 6.02. The van der Waals surface area contributed by atoms with Crippen molar-refractivity contribution in [3.63, 3.8) is 0 Å². The molecule has 6 nitrogen and oxygen atoms in total. The lowest BCUT2D eigenvalue weighted by molar-refractivity contribution is 0.0710. The van der Waals surface area contributed by atoms with Gasteiger partial charge in [0.15, 0.2) is 5.69 Å². The fourth-order valence-corrected chi connectivity index (χ4v) is 3.83. The molecule has 0 aromatic carbocycles. The number of carbonyl (C=O) groups excluding carboxylic acids is 2. The molecule has 0 saturated carbocycles. The molecule has 2 aromatic rings. The minimum absolute atomic E-state index is 0.0545. The summed E-state index contributed by atoms with van der Waals surface area (Å²) in [7, 11) is 0. The number of imidazole rings is 1. The smallest absolute Gasteiger partial charge is 0.290 e. The molecule has 2 amide bonds. The van der Waals surface area contributed by atoms with E-state index < -0.39 is 0 Å². The lowest BCUT2D eigenvalue weighted by Gasteiger charge is -2.26. The Hall–Kier alpha value is -2.37. The average Bonchev–Trinajstić information content (AvgIpc) is 3.08. The Bertz CT molecular complexity index is 722. The molecule has 0 spiro atoms. The number of hydrogen-bond acceptors (Lipinski definition) is 3. The van der Waals surface area contributed by atoms with Gasteiger partial charge in [0.1, 0.15) is 0 Å². The van der Waals surface area contributed by atoms with Crippen molar-refractivity contribution < 1.29 is 9.59 Å². The first-order chi connectivity index (χ1) is 12.3. The second-order valence-corrected chi connectivity index (χ2v) is 6.95. The first kappa shape index (κ1) is 16.1. The van der Waals surface area contributed by atoms with Crippen LogP contribution in [0.3, 0.4) is 0 Å². The fraction of sp³-hybridized carbons (Fsp3) is 0.526. The van der Waals surface area contributed by atoms with Crippen LogP contribution in [0.4, 0.5) is 0 Å². The molecule has 0 N–H and O–H groups in total. The van der Waals surface area contributed by atoms with Crippen LogP contribution in [0.25, 0.3) is 5.52 Å². The average molecular weight is 340 g/mol. The third kappa shape index (κ3) is 3.01. The summed E-state index contributed by atoms with van der Waals surface area (Å²) < 4.78 is 1.77. The number of rotatable bonds is 2. The van der Waals surface area contributed by atoms with Crippen LogP contribution in [0, 0.1) is 0 Å². The van der Waals surface area contributed by atoms with Crippen LogP contribution in [0.2, 0.25) is 0 Å². The van der Waals surface area contributed by atoms with Crippen molar-refractivity contribution in [2.75, 3.05) is 26.2 Å². The Morgan fingerprint density at radius 3 is 2.04 bits per heavy atom. The Morgan fingerprint density at radius 1 is 0.800 bits per heavy atom. The van der Waals surface area contributed by atoms with Gasteiger partial charge in [0.05, 0.1) is 5.52 Å². The van der Waals surface area contributed by atoms with Gasteiger partial charge in [0.25, 0.3) is 11.8 Å². The van der Waals surface area contributed by atoms with Gasteiger partial charge in [-0.05, 0) is 50.7 Å². The summed E-state index contributed by atoms with van der Waals surface area (Å²) in [6, 6.07) is 5.63. The van der Waals surface area contributed by atoms with E-state index in [1.54, 1.807) is 4.40 Å². The van der Waals surface area contributed by atoms with Crippen LogP contribution in [0.5, 0.6) is 0 Å². The highest BCUT2D eigenvalue weighted by Gasteiger charge is 2.28. The molecule has 25 heavy (non-hydrogen) atoms. The van der Waals surface area contributed by atoms with E-state index >= 15 is 0 Å². The molecule has 0 aliphatic carbocycles. The first-order valence-corrected chi connectivity index (χ1v) is 9.31. The third-order valence-electron chi connectivity index (χ3n) is 5.23. The molecule has 2 aromatic heterocycles. The molecular formula is C19H24N4O2. The Labute approximate surface area is 147 Å². The fourth-order valence-electron chi connectivity index (χ4n) is 3.83. The summed E-state index contributed by atoms with van der Waals surface area (Å²) in [6.45, 7) is 3.10. The summed E-state index contributed by atoms with van der Waals surface area (Å²) in [4.78, 5) is 34.1. The van der Waals surface area contributed by atoms with E-state index in [1.807, 2.05) is 34.2 Å². The normalized spacial score (nSPS) is 18.6. The molecule has 2 saturated heterocycles. The van der Waals surface area contributed by atoms with Crippen molar-refractivity contribution in [3.8, 4) is 0 Å². The largest absolute Gasteiger partial charge is 0.337 e. The molecule has 0 bridgehead atoms. The molecular weight excluding hydrogens is 316 g/mol. The molecule has 2 aliphatic heterocycles. The molecule has 4 rings (SSSR count). The second-order valence-electron chi connectivity index (χ2n) is 6.95. The Balaban J connectivity index is 1.70. The number of aromatic nitrogens is 2. The summed E-state index contributed by atoms with van der Waals surface area (Å²) in [5.74, 6) is 0.234. The lowest BCUT2D eigenvalue weighted by Crippen LogP contribution is -2.37. The van der Waals surface area contributed by atoms with Crippen molar-refractivity contribution in [2.45, 2.75) is 38.5 Å². The second kappa shape index (κ2) is 6.86. The zero-order valence-corrected chi connectivity index (χ0v) is 14.5. The van der Waals surface area contributed by atoms with Crippen LogP contribution < -0.4 is 0 Å². The predicted molar refractivity (Wildman–Crippen MR) is 94.7 cm³/mol. The van der Waals surface area contributed by atoms with Crippen molar-refractivity contribution in [2.24, 2.45) is 0 Å². The van der Waals surface area contributed by atoms with Crippen LogP contribution in [0.15, 0.2) is 24.4 Å². The molecule has 0 radical (unpaired) electrons. The van der Waals surface area contributed by atoms with Crippen LogP contribution in [-0.2, 0) is 0 Å². The zero-order valence-electron chi connectivity index (χ0n) is 14.5. The Morgan fingerprint density at radius 2 is 1.40 bits per heavy atom. The van der Waals surface area contributed by atoms with Gasteiger partial charge in [-0.3, -0.25) is 14.0 Å². The summed E-state index contributed by atoms with van der Waals surface area (Å²) in [5.41, 5.74) is 1.13. The number of nitrogens with zero attached hydrogens (tertiary/aromatic N) is 4. The van der Waals surface area contributed by atoms with E-state index in [0.717, 1.165) is 57.4 Å². The highest BCUT2D eigenvalue weighted by Crippen LogP contribution is 2.20. The van der Waals surface area contributed by atoms with E-state index in [4.69, 9.17) is 0 Å². The van der Waals surface area contributed by atoms with Gasteiger partial charge in [0.2, 0.25) is 5.82 Å². The summed E-state index contributed by atoms with van der Waals surface area (Å²) in [5, 5.41) is 0. The molecule has 4 heterocycles. The van der Waals surface area contributed by atoms with Crippen molar-refractivity contribution in [1.82, 2.24) is 19.2 Å². The number of hydrogen-bond donors (Lipinski definition) is 0. The summed E-state index contributed by atoms with van der Waals surface area (Å²) in [6.07, 6.45) is 8.32. The minimum atomic E-state index is -0.0707.